The van der Waals surface area contributed by atoms with Gasteiger partial charge in [-0.05, 0) is 42.5 Å². The van der Waals surface area contributed by atoms with Crippen LogP contribution in [-0.4, -0.2) is 21.8 Å². The van der Waals surface area contributed by atoms with Crippen molar-refractivity contribution in [1.82, 2.24) is 4.98 Å². The third-order valence-electron chi connectivity index (χ3n) is 4.56. The van der Waals surface area contributed by atoms with Crippen molar-refractivity contribution in [1.29, 1.82) is 0 Å². The molecule has 0 saturated heterocycles. The van der Waals surface area contributed by atoms with Crippen molar-refractivity contribution < 1.29 is 23.5 Å². The van der Waals surface area contributed by atoms with Gasteiger partial charge in [0, 0.05) is 5.02 Å². The number of hydrogen-bond donors (Lipinski definition) is 1. The van der Waals surface area contributed by atoms with E-state index in [4.69, 9.17) is 20.4 Å². The molecule has 7 nitrogen and oxygen atoms in total. The number of carbonyl (C=O) groups excluding carboxylic acids is 2. The normalized spacial score (nSPS) is 16.9. The van der Waals surface area contributed by atoms with Gasteiger partial charge in [0.05, 0.1) is 28.3 Å². The van der Waals surface area contributed by atoms with Crippen LogP contribution < -0.4 is 4.90 Å². The first-order chi connectivity index (χ1) is 14.0. The Morgan fingerprint density at radius 2 is 1.97 bits per heavy atom. The Kier molecular flexibility index (Phi) is 4.04. The number of ketones is 1. The third kappa shape index (κ3) is 2.76. The number of benzene rings is 1. The van der Waals surface area contributed by atoms with Gasteiger partial charge in [-0.1, -0.05) is 22.9 Å². The zero-order valence-corrected chi connectivity index (χ0v) is 16.1. The first kappa shape index (κ1) is 17.7. The number of Topliss-reactive ketones (excluding diaryl/α,β-unsaturated/α-hetero) is 1. The van der Waals surface area contributed by atoms with Gasteiger partial charge < -0.3 is 13.9 Å². The van der Waals surface area contributed by atoms with E-state index in [0.29, 0.717) is 21.4 Å². The molecule has 1 amide bonds. The van der Waals surface area contributed by atoms with Crippen molar-refractivity contribution in [2.45, 2.75) is 6.04 Å². The summed E-state index contributed by atoms with van der Waals surface area (Å²) in [6.07, 6.45) is 2.78. The number of amides is 1. The zero-order chi connectivity index (χ0) is 20.1. The molecule has 0 fully saturated rings. The zero-order valence-electron chi connectivity index (χ0n) is 14.5. The number of anilines is 1. The van der Waals surface area contributed by atoms with Gasteiger partial charge in [0.25, 0.3) is 5.91 Å². The SMILES string of the molecule is O=C(C1=C(O)C(=O)N(c2nc3ccc(Cl)cc3s2)[C@@H]1c1ccco1)c1ccco1. The fourth-order valence-corrected chi connectivity index (χ4v) is 4.55. The predicted molar refractivity (Wildman–Crippen MR) is 106 cm³/mol. The van der Waals surface area contributed by atoms with Crippen LogP contribution in [0.25, 0.3) is 10.2 Å². The van der Waals surface area contributed by atoms with E-state index in [2.05, 4.69) is 4.98 Å². The number of aliphatic hydroxyl groups is 1. The molecule has 4 heterocycles. The minimum absolute atomic E-state index is 0.00818. The minimum atomic E-state index is -0.980. The van der Waals surface area contributed by atoms with Crippen LogP contribution in [0.2, 0.25) is 5.02 Å². The summed E-state index contributed by atoms with van der Waals surface area (Å²) >= 11 is 7.27. The van der Waals surface area contributed by atoms with Crippen LogP contribution in [-0.2, 0) is 4.79 Å². The molecule has 0 unspecified atom stereocenters. The summed E-state index contributed by atoms with van der Waals surface area (Å²) in [5.74, 6) is -1.69. The molecule has 1 aromatic carbocycles. The van der Waals surface area contributed by atoms with Crippen LogP contribution >= 0.6 is 22.9 Å². The average molecular weight is 427 g/mol. The Balaban J connectivity index is 1.67. The van der Waals surface area contributed by atoms with Gasteiger partial charge in [-0.15, -0.1) is 0 Å². The Morgan fingerprint density at radius 3 is 2.69 bits per heavy atom. The first-order valence-corrected chi connectivity index (χ1v) is 9.68. The van der Waals surface area contributed by atoms with E-state index in [9.17, 15) is 14.7 Å². The fourth-order valence-electron chi connectivity index (χ4n) is 3.28. The molecule has 1 aliphatic rings. The Labute approximate surface area is 172 Å². The maximum absolute atomic E-state index is 13.0. The summed E-state index contributed by atoms with van der Waals surface area (Å²) in [6, 6.07) is 10.5. The number of rotatable bonds is 4. The molecular weight excluding hydrogens is 416 g/mol. The topological polar surface area (TPSA) is 96.8 Å². The predicted octanol–water partition coefficient (Wildman–Crippen LogP) is 4.92. The fraction of sp³-hybridized carbons (Fsp3) is 0.0500. The van der Waals surface area contributed by atoms with Crippen molar-refractivity contribution in [3.05, 3.63) is 82.9 Å². The van der Waals surface area contributed by atoms with Gasteiger partial charge in [0.1, 0.15) is 11.8 Å². The molecule has 0 bridgehead atoms. The standard InChI is InChI=1S/C20H11ClN2O5S/c21-10-5-6-11-14(9-10)29-20(22-11)23-16(12-3-1-7-27-12)15(18(25)19(23)26)17(24)13-4-2-8-28-13/h1-9,16,25H/t16-/m1/s1. The second kappa shape index (κ2) is 6.61. The van der Waals surface area contributed by atoms with E-state index in [1.54, 1.807) is 36.4 Å². The van der Waals surface area contributed by atoms with E-state index >= 15 is 0 Å². The van der Waals surface area contributed by atoms with Crippen LogP contribution in [0, 0.1) is 0 Å². The molecule has 144 valence electrons. The number of furan rings is 2. The lowest BCUT2D eigenvalue weighted by Crippen LogP contribution is -2.30. The highest BCUT2D eigenvalue weighted by Crippen LogP contribution is 2.44. The summed E-state index contributed by atoms with van der Waals surface area (Å²) in [4.78, 5) is 31.7. The highest BCUT2D eigenvalue weighted by atomic mass is 35.5. The van der Waals surface area contributed by atoms with Crippen LogP contribution in [0.15, 0.2) is 75.2 Å². The maximum Gasteiger partial charge on any atom is 0.296 e. The number of aromatic nitrogens is 1. The van der Waals surface area contributed by atoms with Crippen molar-refractivity contribution in [3.8, 4) is 0 Å². The molecule has 3 aromatic heterocycles. The van der Waals surface area contributed by atoms with Gasteiger partial charge in [0.15, 0.2) is 16.7 Å². The van der Waals surface area contributed by atoms with E-state index in [0.717, 1.165) is 4.70 Å². The minimum Gasteiger partial charge on any atom is -0.503 e. The smallest absolute Gasteiger partial charge is 0.296 e. The molecule has 4 aromatic rings. The molecule has 0 spiro atoms. The highest BCUT2D eigenvalue weighted by molar-refractivity contribution is 7.22. The summed E-state index contributed by atoms with van der Waals surface area (Å²) < 4.78 is 11.4. The summed E-state index contributed by atoms with van der Waals surface area (Å²) in [6.45, 7) is 0. The van der Waals surface area contributed by atoms with Crippen molar-refractivity contribution >= 4 is 50.0 Å². The summed E-state index contributed by atoms with van der Waals surface area (Å²) in [5, 5.41) is 11.4. The van der Waals surface area contributed by atoms with Crippen molar-refractivity contribution in [2.75, 3.05) is 4.90 Å². The van der Waals surface area contributed by atoms with Crippen molar-refractivity contribution in [3.63, 3.8) is 0 Å². The monoisotopic (exact) mass is 426 g/mol. The molecule has 0 aliphatic carbocycles. The van der Waals surface area contributed by atoms with Gasteiger partial charge >= 0.3 is 0 Å². The number of carbonyl (C=O) groups is 2. The van der Waals surface area contributed by atoms with Crippen LogP contribution in [0.5, 0.6) is 0 Å². The van der Waals surface area contributed by atoms with Gasteiger partial charge in [-0.3, -0.25) is 14.5 Å². The largest absolute Gasteiger partial charge is 0.503 e. The molecule has 1 aliphatic heterocycles. The molecule has 9 heteroatoms. The lowest BCUT2D eigenvalue weighted by Gasteiger charge is -2.21. The van der Waals surface area contributed by atoms with E-state index in [-0.39, 0.29) is 11.3 Å². The molecular formula is C20H11ClN2O5S. The number of aliphatic hydroxyl groups excluding tert-OH is 1. The molecule has 0 radical (unpaired) electrons. The number of thiazole rings is 1. The first-order valence-electron chi connectivity index (χ1n) is 8.49. The Morgan fingerprint density at radius 1 is 1.17 bits per heavy atom. The van der Waals surface area contributed by atoms with Crippen LogP contribution in [0.3, 0.4) is 0 Å². The molecule has 5 rings (SSSR count). The number of hydrogen-bond acceptors (Lipinski definition) is 7. The molecule has 1 N–H and O–H groups in total. The third-order valence-corrected chi connectivity index (χ3v) is 5.81. The highest BCUT2D eigenvalue weighted by Gasteiger charge is 2.47. The van der Waals surface area contributed by atoms with E-state index in [1.165, 1.54) is 34.8 Å². The number of fused-ring (bicyclic) bond motifs is 1. The summed E-state index contributed by atoms with van der Waals surface area (Å²) in [7, 11) is 0. The summed E-state index contributed by atoms with van der Waals surface area (Å²) in [5.41, 5.74) is 0.517. The Hall–Kier alpha value is -3.36. The Bertz CT molecular complexity index is 1270. The second-order valence-electron chi connectivity index (χ2n) is 6.27. The quantitative estimate of drug-likeness (QED) is 0.465. The molecule has 29 heavy (non-hydrogen) atoms. The lowest BCUT2D eigenvalue weighted by molar-refractivity contribution is -0.117. The van der Waals surface area contributed by atoms with Gasteiger partial charge in [-0.2, -0.15) is 0 Å². The number of nitrogens with zero attached hydrogens (tertiary/aromatic N) is 2. The van der Waals surface area contributed by atoms with Crippen LogP contribution in [0.4, 0.5) is 5.13 Å². The lowest BCUT2D eigenvalue weighted by atomic mass is 10.00. The van der Waals surface area contributed by atoms with E-state index in [1.807, 2.05) is 0 Å². The van der Waals surface area contributed by atoms with Crippen molar-refractivity contribution in [2.24, 2.45) is 0 Å². The van der Waals surface area contributed by atoms with Gasteiger partial charge in [-0.25, -0.2) is 4.98 Å². The molecule has 0 saturated carbocycles. The average Bonchev–Trinajstić information content (AvgIpc) is 3.49. The number of halogens is 1. The van der Waals surface area contributed by atoms with E-state index < -0.39 is 23.5 Å². The van der Waals surface area contributed by atoms with Crippen LogP contribution in [0.1, 0.15) is 22.4 Å². The molecule has 1 atom stereocenters. The van der Waals surface area contributed by atoms with Gasteiger partial charge in [0.2, 0.25) is 5.78 Å². The second-order valence-corrected chi connectivity index (χ2v) is 7.72. The maximum atomic E-state index is 13.0.